The van der Waals surface area contributed by atoms with Gasteiger partial charge in [0.1, 0.15) is 0 Å². The molecule has 0 bridgehead atoms. The topological polar surface area (TPSA) is 0 Å². The number of allylic oxidation sites excluding steroid dienone is 4. The second kappa shape index (κ2) is 13.6. The molecule has 244 valence electrons. The second-order valence-electron chi connectivity index (χ2n) is 12.8. The van der Waals surface area contributed by atoms with Gasteiger partial charge < -0.3 is 24.8 Å². The smallest absolute Gasteiger partial charge is 1.00 e. The average molecular weight is 765 g/mol. The molecule has 0 aliphatic heterocycles. The van der Waals surface area contributed by atoms with Gasteiger partial charge in [-0.1, -0.05) is 0 Å². The van der Waals surface area contributed by atoms with Crippen molar-refractivity contribution in [3.8, 4) is 11.1 Å². The molecule has 0 heterocycles. The molecule has 0 N–H and O–H groups in total. The summed E-state index contributed by atoms with van der Waals surface area (Å²) in [5.74, 6) is -0.0140. The van der Waals surface area contributed by atoms with E-state index in [0.717, 1.165) is 53.1 Å². The molecule has 0 radical (unpaired) electrons. The Balaban J connectivity index is 0.00000250. The zero-order chi connectivity index (χ0) is 32.3. The molecule has 1 atom stereocenters. The fourth-order valence-electron chi connectivity index (χ4n) is 6.46. The summed E-state index contributed by atoms with van der Waals surface area (Å²) in [6, 6.07) is 24.5. The summed E-state index contributed by atoms with van der Waals surface area (Å²) in [5, 5.41) is 0. The van der Waals surface area contributed by atoms with Crippen molar-refractivity contribution in [2.75, 3.05) is 0 Å². The molecule has 0 fully saturated rings. The first-order valence-electron chi connectivity index (χ1n) is 14.9. The van der Waals surface area contributed by atoms with Crippen molar-refractivity contribution >= 4 is 6.48 Å². The summed E-state index contributed by atoms with van der Waals surface area (Å²) in [6.45, 7) is 8.46. The van der Waals surface area contributed by atoms with E-state index in [4.69, 9.17) is 0 Å². The third-order valence-electron chi connectivity index (χ3n) is 8.71. The minimum absolute atomic E-state index is 0. The van der Waals surface area contributed by atoms with Gasteiger partial charge in [-0.05, 0) is 0 Å². The maximum atomic E-state index is 14.1. The Morgan fingerprint density at radius 2 is 1.21 bits per heavy atom. The molecule has 0 spiro atoms. The standard InChI is InChI=1S/C15H8F6.C13H9.C10H15.2ClH.Zr/c16-14(17,18)12-5-1-3-10(8-12)7-11-4-2-6-13(9-11)15(19,20)21;1-3-7-12-10(5-1)9-11-6-2-4-8-13(11)12;1-8-5-6-9(7-8)10(2,3)4;;;/h1-6,8-9H;1-5,7-8H,9H2;6-8H,1-4H3;2*1H;/q;;;;;+2/p-2. The van der Waals surface area contributed by atoms with Gasteiger partial charge in [0, 0.05) is 0 Å². The summed E-state index contributed by atoms with van der Waals surface area (Å²) in [7, 11) is 0. The number of rotatable bonds is 4. The molecule has 4 aromatic carbocycles. The van der Waals surface area contributed by atoms with Crippen LogP contribution in [-0.2, 0) is 40.0 Å². The molecule has 6 rings (SSSR count). The third kappa shape index (κ3) is 7.33. The molecule has 0 saturated carbocycles. The number of halogens is 8. The van der Waals surface area contributed by atoms with E-state index in [1.54, 1.807) is 12.1 Å². The molecular formula is C38H32Cl2F6Zr. The summed E-state index contributed by atoms with van der Waals surface area (Å²) >= 11 is -3.59. The van der Waals surface area contributed by atoms with Crippen molar-refractivity contribution in [2.24, 2.45) is 11.3 Å². The van der Waals surface area contributed by atoms with Crippen LogP contribution >= 0.6 is 0 Å². The third-order valence-corrected chi connectivity index (χ3v) is 16.7. The first-order valence-corrected chi connectivity index (χ1v) is 18.6. The van der Waals surface area contributed by atoms with Crippen molar-refractivity contribution < 1.29 is 72.4 Å². The zero-order valence-corrected chi connectivity index (χ0v) is 30.1. The van der Waals surface area contributed by atoms with E-state index >= 15 is 0 Å². The van der Waals surface area contributed by atoms with Gasteiger partial charge in [0.05, 0.1) is 0 Å². The summed E-state index contributed by atoms with van der Waals surface area (Å²) in [6.07, 6.45) is -4.12. The Labute approximate surface area is 291 Å². The molecular weight excluding hydrogens is 733 g/mol. The van der Waals surface area contributed by atoms with Crippen LogP contribution in [0.25, 0.3) is 11.1 Å². The number of hydrogen-bond donors (Lipinski definition) is 0. The summed E-state index contributed by atoms with van der Waals surface area (Å²) in [4.78, 5) is 0. The first-order chi connectivity index (χ1) is 21.1. The zero-order valence-electron chi connectivity index (χ0n) is 26.1. The largest absolute Gasteiger partial charge is 1.00 e. The molecule has 9 heteroatoms. The molecule has 0 aromatic heterocycles. The van der Waals surface area contributed by atoms with Crippen LogP contribution < -0.4 is 28.1 Å². The van der Waals surface area contributed by atoms with E-state index in [1.807, 2.05) is 18.2 Å². The van der Waals surface area contributed by atoms with E-state index in [9.17, 15) is 26.3 Å². The predicted molar refractivity (Wildman–Crippen MR) is 165 cm³/mol. The molecule has 2 aliphatic carbocycles. The molecule has 0 saturated heterocycles. The fraction of sp³-hybridized carbons (Fsp3) is 0.237. The van der Waals surface area contributed by atoms with Crippen LogP contribution in [0.1, 0.15) is 61.1 Å². The average Bonchev–Trinajstić information content (AvgIpc) is 3.56. The van der Waals surface area contributed by atoms with Crippen LogP contribution in [0.2, 0.25) is 0 Å². The Morgan fingerprint density at radius 1 is 0.681 bits per heavy atom. The minimum atomic E-state index is -4.60. The Bertz CT molecular complexity index is 1850. The molecule has 2 aliphatic rings. The van der Waals surface area contributed by atoms with Gasteiger partial charge in [-0.3, -0.25) is 0 Å². The number of alkyl halides is 6. The minimum Gasteiger partial charge on any atom is -1.00 e. The van der Waals surface area contributed by atoms with Crippen LogP contribution in [0.5, 0.6) is 0 Å². The van der Waals surface area contributed by atoms with Gasteiger partial charge in [0.25, 0.3) is 0 Å². The molecule has 47 heavy (non-hydrogen) atoms. The Hall–Kier alpha value is -2.73. The quantitative estimate of drug-likeness (QED) is 0.240. The first kappa shape index (κ1) is 37.1. The number of hydrogen-bond acceptors (Lipinski definition) is 0. The van der Waals surface area contributed by atoms with Crippen LogP contribution in [0, 0.1) is 11.3 Å². The molecule has 4 aromatic rings. The van der Waals surface area contributed by atoms with Crippen molar-refractivity contribution in [3.63, 3.8) is 0 Å². The molecule has 1 unspecified atom stereocenters. The predicted octanol–water partition coefficient (Wildman–Crippen LogP) is 4.32. The Kier molecular flexibility index (Phi) is 10.8. The van der Waals surface area contributed by atoms with Gasteiger partial charge in [-0.15, -0.1) is 0 Å². The van der Waals surface area contributed by atoms with Gasteiger partial charge in [0.2, 0.25) is 0 Å². The van der Waals surface area contributed by atoms with E-state index in [0.29, 0.717) is 20.8 Å². The summed E-state index contributed by atoms with van der Waals surface area (Å²) < 4.78 is 87.4. The maximum Gasteiger partial charge on any atom is -1.00 e. The van der Waals surface area contributed by atoms with Crippen LogP contribution in [0.4, 0.5) is 26.3 Å². The Morgan fingerprint density at radius 3 is 1.74 bits per heavy atom. The van der Waals surface area contributed by atoms with Gasteiger partial charge in [0.15, 0.2) is 0 Å². The monoisotopic (exact) mass is 762 g/mol. The normalized spacial score (nSPS) is 15.3. The molecule has 0 amide bonds. The van der Waals surface area contributed by atoms with Gasteiger partial charge in [-0.25, -0.2) is 0 Å². The van der Waals surface area contributed by atoms with Crippen molar-refractivity contribution in [3.05, 3.63) is 145 Å². The fourth-order valence-corrected chi connectivity index (χ4v) is 14.8. The van der Waals surface area contributed by atoms with Crippen LogP contribution in [0.15, 0.2) is 112 Å². The van der Waals surface area contributed by atoms with E-state index < -0.39 is 44.7 Å². The van der Waals surface area contributed by atoms with Crippen molar-refractivity contribution in [1.82, 2.24) is 0 Å². The van der Waals surface area contributed by atoms with Gasteiger partial charge >= 0.3 is 268 Å². The second-order valence-corrected chi connectivity index (χ2v) is 18.6. The van der Waals surface area contributed by atoms with Crippen molar-refractivity contribution in [1.29, 1.82) is 0 Å². The van der Waals surface area contributed by atoms with Crippen LogP contribution in [-0.4, -0.2) is 3.21 Å². The van der Waals surface area contributed by atoms with Crippen molar-refractivity contribution in [2.45, 2.75) is 46.5 Å². The maximum absolute atomic E-state index is 14.1. The number of benzene rings is 4. The SMILES string of the molecule is CC1C=C(C(C)(C)C)C=[C]1[Zr+2](=[C](c1cccc(C(F)(F)F)c1)c1cccc(C(F)(F)F)c1)[c]1cccc2c1Cc1ccccc1-2.[Cl-].[Cl-]. The molecule has 0 nitrogen and oxygen atoms in total. The van der Waals surface area contributed by atoms with E-state index in [-0.39, 0.29) is 36.1 Å². The van der Waals surface area contributed by atoms with E-state index in [2.05, 4.69) is 64.1 Å². The van der Waals surface area contributed by atoms with Crippen LogP contribution in [0.3, 0.4) is 0 Å². The van der Waals surface area contributed by atoms with Gasteiger partial charge in [-0.2, -0.15) is 0 Å². The van der Waals surface area contributed by atoms with E-state index in [1.165, 1.54) is 17.7 Å². The summed E-state index contributed by atoms with van der Waals surface area (Å²) in [5.41, 5.74) is 4.47. The number of fused-ring (bicyclic) bond motifs is 3.